The molecule has 0 aromatic heterocycles. The van der Waals surface area contributed by atoms with Crippen molar-refractivity contribution in [2.75, 3.05) is 27.4 Å². The third-order valence-corrected chi connectivity index (χ3v) is 4.04. The summed E-state index contributed by atoms with van der Waals surface area (Å²) in [5.41, 5.74) is 2.36. The Balaban J connectivity index is 2.53. The standard InChI is InChI=1S/C21H25FO4/c1-4-8-15-13-18(16-9-5-6-10-19(16)22)20(26-12-7-11-24-2)14-17(15)21(23)25-3/h5-6,9-10,13-14H,4,7-8,11-12H2,1-3H3. The molecular weight excluding hydrogens is 335 g/mol. The zero-order valence-corrected chi connectivity index (χ0v) is 15.5. The molecule has 0 saturated carbocycles. The maximum atomic E-state index is 14.4. The van der Waals surface area contributed by atoms with Gasteiger partial charge in [-0.1, -0.05) is 31.5 Å². The Morgan fingerprint density at radius 2 is 1.85 bits per heavy atom. The van der Waals surface area contributed by atoms with Crippen LogP contribution in [-0.4, -0.2) is 33.4 Å². The van der Waals surface area contributed by atoms with Gasteiger partial charge in [0.2, 0.25) is 0 Å². The van der Waals surface area contributed by atoms with E-state index in [0.29, 0.717) is 48.5 Å². The van der Waals surface area contributed by atoms with Crippen LogP contribution in [0.4, 0.5) is 4.39 Å². The Hall–Kier alpha value is -2.40. The molecule has 2 rings (SSSR count). The van der Waals surface area contributed by atoms with E-state index in [1.807, 2.05) is 13.0 Å². The number of rotatable bonds is 9. The summed E-state index contributed by atoms with van der Waals surface area (Å²) in [6.07, 6.45) is 2.24. The maximum absolute atomic E-state index is 14.4. The van der Waals surface area contributed by atoms with Gasteiger partial charge in [-0.05, 0) is 30.2 Å². The molecule has 0 N–H and O–H groups in total. The fourth-order valence-electron chi connectivity index (χ4n) is 2.80. The van der Waals surface area contributed by atoms with Crippen LogP contribution in [-0.2, 0) is 15.9 Å². The summed E-state index contributed by atoms with van der Waals surface area (Å²) >= 11 is 0. The molecule has 0 atom stereocenters. The predicted octanol–water partition coefficient (Wildman–Crippen LogP) is 4.65. The molecule has 0 amide bonds. The van der Waals surface area contributed by atoms with Crippen LogP contribution in [0.25, 0.3) is 11.1 Å². The second-order valence-electron chi connectivity index (χ2n) is 5.92. The molecule has 2 aromatic carbocycles. The first kappa shape index (κ1) is 19.9. The van der Waals surface area contributed by atoms with Crippen molar-refractivity contribution in [2.24, 2.45) is 0 Å². The van der Waals surface area contributed by atoms with Gasteiger partial charge in [-0.25, -0.2) is 9.18 Å². The number of hydrogen-bond acceptors (Lipinski definition) is 4. The zero-order valence-electron chi connectivity index (χ0n) is 15.5. The number of benzene rings is 2. The smallest absolute Gasteiger partial charge is 0.338 e. The highest BCUT2D eigenvalue weighted by atomic mass is 19.1. The molecule has 5 heteroatoms. The highest BCUT2D eigenvalue weighted by Crippen LogP contribution is 2.35. The molecule has 0 aliphatic rings. The Morgan fingerprint density at radius 3 is 2.50 bits per heavy atom. The number of carbonyl (C=O) groups is 1. The van der Waals surface area contributed by atoms with Gasteiger partial charge in [0, 0.05) is 31.3 Å². The summed E-state index contributed by atoms with van der Waals surface area (Å²) in [7, 11) is 2.97. The van der Waals surface area contributed by atoms with Crippen LogP contribution in [0.15, 0.2) is 36.4 Å². The van der Waals surface area contributed by atoms with Gasteiger partial charge in [-0.3, -0.25) is 0 Å². The quantitative estimate of drug-likeness (QED) is 0.482. The largest absolute Gasteiger partial charge is 0.493 e. The van der Waals surface area contributed by atoms with Crippen LogP contribution in [0.5, 0.6) is 5.75 Å². The molecule has 140 valence electrons. The minimum Gasteiger partial charge on any atom is -0.493 e. The molecule has 0 heterocycles. The zero-order chi connectivity index (χ0) is 18.9. The number of ether oxygens (including phenoxy) is 3. The molecule has 0 unspecified atom stereocenters. The van der Waals surface area contributed by atoms with E-state index in [1.165, 1.54) is 13.2 Å². The lowest BCUT2D eigenvalue weighted by Gasteiger charge is -2.17. The van der Waals surface area contributed by atoms with Crippen molar-refractivity contribution in [1.29, 1.82) is 0 Å². The minimum absolute atomic E-state index is 0.331. The van der Waals surface area contributed by atoms with Gasteiger partial charge in [-0.15, -0.1) is 0 Å². The monoisotopic (exact) mass is 360 g/mol. The molecule has 2 aromatic rings. The SMILES string of the molecule is CCCc1cc(-c2ccccc2F)c(OCCCOC)cc1C(=O)OC. The van der Waals surface area contributed by atoms with E-state index in [1.54, 1.807) is 31.4 Å². The first-order chi connectivity index (χ1) is 12.6. The lowest BCUT2D eigenvalue weighted by atomic mass is 9.95. The summed E-state index contributed by atoms with van der Waals surface area (Å²) in [6, 6.07) is 10.0. The number of hydrogen-bond donors (Lipinski definition) is 0. The molecule has 0 bridgehead atoms. The van der Waals surface area contributed by atoms with Crippen molar-refractivity contribution < 1.29 is 23.4 Å². The van der Waals surface area contributed by atoms with Gasteiger partial charge in [-0.2, -0.15) is 0 Å². The van der Waals surface area contributed by atoms with E-state index in [-0.39, 0.29) is 5.82 Å². The van der Waals surface area contributed by atoms with Crippen LogP contribution >= 0.6 is 0 Å². The summed E-state index contributed by atoms with van der Waals surface area (Å²) in [6.45, 7) is 2.99. The van der Waals surface area contributed by atoms with E-state index in [9.17, 15) is 9.18 Å². The lowest BCUT2D eigenvalue weighted by molar-refractivity contribution is 0.0599. The summed E-state index contributed by atoms with van der Waals surface area (Å²) in [5, 5.41) is 0. The number of halogens is 1. The van der Waals surface area contributed by atoms with E-state index in [4.69, 9.17) is 14.2 Å². The van der Waals surface area contributed by atoms with Gasteiger partial charge < -0.3 is 14.2 Å². The Morgan fingerprint density at radius 1 is 1.08 bits per heavy atom. The maximum Gasteiger partial charge on any atom is 0.338 e. The molecule has 0 radical (unpaired) electrons. The predicted molar refractivity (Wildman–Crippen MR) is 99.2 cm³/mol. The van der Waals surface area contributed by atoms with Crippen LogP contribution in [0.2, 0.25) is 0 Å². The van der Waals surface area contributed by atoms with Crippen molar-refractivity contribution in [3.05, 3.63) is 53.3 Å². The van der Waals surface area contributed by atoms with Gasteiger partial charge >= 0.3 is 5.97 Å². The lowest BCUT2D eigenvalue weighted by Crippen LogP contribution is -2.09. The first-order valence-electron chi connectivity index (χ1n) is 8.74. The first-order valence-corrected chi connectivity index (χ1v) is 8.74. The third-order valence-electron chi connectivity index (χ3n) is 4.04. The molecular formula is C21H25FO4. The second-order valence-corrected chi connectivity index (χ2v) is 5.92. The van der Waals surface area contributed by atoms with E-state index < -0.39 is 5.97 Å². The van der Waals surface area contributed by atoms with Crippen LogP contribution in [0.1, 0.15) is 35.7 Å². The van der Waals surface area contributed by atoms with Gasteiger partial charge in [0.1, 0.15) is 11.6 Å². The van der Waals surface area contributed by atoms with Crippen LogP contribution < -0.4 is 4.74 Å². The average Bonchev–Trinajstić information content (AvgIpc) is 2.66. The van der Waals surface area contributed by atoms with Crippen LogP contribution in [0.3, 0.4) is 0 Å². The molecule has 4 nitrogen and oxygen atoms in total. The van der Waals surface area contributed by atoms with Crippen molar-refractivity contribution in [3.8, 4) is 16.9 Å². The normalized spacial score (nSPS) is 10.6. The van der Waals surface area contributed by atoms with Crippen LogP contribution in [0, 0.1) is 5.82 Å². The highest BCUT2D eigenvalue weighted by molar-refractivity contribution is 5.93. The summed E-state index contributed by atoms with van der Waals surface area (Å²) in [5.74, 6) is -0.288. The number of aryl methyl sites for hydroxylation is 1. The van der Waals surface area contributed by atoms with Gasteiger partial charge in [0.15, 0.2) is 0 Å². The number of carbonyl (C=O) groups excluding carboxylic acids is 1. The van der Waals surface area contributed by atoms with Crippen molar-refractivity contribution in [2.45, 2.75) is 26.2 Å². The molecule has 0 saturated heterocycles. The Kier molecular flexibility index (Phi) is 7.60. The van der Waals surface area contributed by atoms with E-state index in [2.05, 4.69) is 0 Å². The fraction of sp³-hybridized carbons (Fsp3) is 0.381. The average molecular weight is 360 g/mol. The highest BCUT2D eigenvalue weighted by Gasteiger charge is 2.19. The number of esters is 1. The summed E-state index contributed by atoms with van der Waals surface area (Å²) in [4.78, 5) is 12.2. The summed E-state index contributed by atoms with van der Waals surface area (Å²) < 4.78 is 30.2. The second kappa shape index (κ2) is 9.92. The number of methoxy groups -OCH3 is 2. The molecule has 0 fully saturated rings. The molecule has 26 heavy (non-hydrogen) atoms. The Labute approximate surface area is 153 Å². The van der Waals surface area contributed by atoms with E-state index >= 15 is 0 Å². The molecule has 0 aliphatic carbocycles. The van der Waals surface area contributed by atoms with E-state index in [0.717, 1.165) is 12.0 Å². The van der Waals surface area contributed by atoms with Crippen molar-refractivity contribution in [1.82, 2.24) is 0 Å². The van der Waals surface area contributed by atoms with Crippen molar-refractivity contribution >= 4 is 5.97 Å². The third kappa shape index (κ3) is 4.82. The van der Waals surface area contributed by atoms with Gasteiger partial charge in [0.05, 0.1) is 19.3 Å². The fourth-order valence-corrected chi connectivity index (χ4v) is 2.80. The van der Waals surface area contributed by atoms with Gasteiger partial charge in [0.25, 0.3) is 0 Å². The minimum atomic E-state index is -0.421. The topological polar surface area (TPSA) is 44.8 Å². The molecule has 0 spiro atoms. The van der Waals surface area contributed by atoms with Crippen molar-refractivity contribution in [3.63, 3.8) is 0 Å². The Bertz CT molecular complexity index is 743. The molecule has 0 aliphatic heterocycles.